The van der Waals surface area contributed by atoms with Gasteiger partial charge in [0.2, 0.25) is 17.7 Å². The van der Waals surface area contributed by atoms with E-state index < -0.39 is 54.3 Å². The van der Waals surface area contributed by atoms with Gasteiger partial charge in [0.05, 0.1) is 6.04 Å². The van der Waals surface area contributed by atoms with Crippen LogP contribution in [-0.2, 0) is 24.0 Å². The van der Waals surface area contributed by atoms with Crippen LogP contribution in [0.4, 0.5) is 0 Å². The van der Waals surface area contributed by atoms with E-state index in [0.29, 0.717) is 19.4 Å². The van der Waals surface area contributed by atoms with Crippen LogP contribution in [0.5, 0.6) is 0 Å². The molecular formula is C19H32N4O7S. The van der Waals surface area contributed by atoms with E-state index in [4.69, 9.17) is 5.11 Å². The number of carboxylic acids is 2. The standard InChI is InChI=1S/C19H32N4O7S/c1-3-10(2)15(19(29)30)23-17(27)12(6-7-14(24)25)21-18(28)13(9-31)22-16(26)11-5-4-8-20-11/h10-13,15,20,31H,3-9H2,1-2H3,(H,21,28)(H,22,26)(H,23,27)(H,24,25)(H,29,30). The number of carbonyl (C=O) groups excluding carboxylic acids is 3. The zero-order valence-electron chi connectivity index (χ0n) is 17.7. The number of amides is 3. The first-order chi connectivity index (χ1) is 14.6. The van der Waals surface area contributed by atoms with Gasteiger partial charge in [0.15, 0.2) is 0 Å². The summed E-state index contributed by atoms with van der Waals surface area (Å²) in [7, 11) is 0. The lowest BCUT2D eigenvalue weighted by Crippen LogP contribution is -2.58. The van der Waals surface area contributed by atoms with Gasteiger partial charge in [0, 0.05) is 12.2 Å². The molecule has 11 nitrogen and oxygen atoms in total. The van der Waals surface area contributed by atoms with Gasteiger partial charge in [-0.15, -0.1) is 0 Å². The third kappa shape index (κ3) is 8.74. The van der Waals surface area contributed by atoms with Crippen molar-refractivity contribution in [3.05, 3.63) is 0 Å². The Morgan fingerprint density at radius 3 is 2.19 bits per heavy atom. The molecule has 5 atom stereocenters. The number of nitrogens with one attached hydrogen (secondary N) is 4. The summed E-state index contributed by atoms with van der Waals surface area (Å²) in [6, 6.07) is -3.91. The molecule has 5 unspecified atom stereocenters. The summed E-state index contributed by atoms with van der Waals surface area (Å²) in [6.07, 6.45) is 1.32. The highest BCUT2D eigenvalue weighted by Crippen LogP contribution is 2.10. The van der Waals surface area contributed by atoms with E-state index in [1.807, 2.05) is 0 Å². The average Bonchev–Trinajstić information content (AvgIpc) is 3.26. The number of thiol groups is 1. The van der Waals surface area contributed by atoms with Crippen molar-refractivity contribution in [2.24, 2.45) is 5.92 Å². The van der Waals surface area contributed by atoms with Crippen molar-refractivity contribution in [3.8, 4) is 0 Å². The molecule has 0 spiro atoms. The molecule has 1 heterocycles. The molecule has 6 N–H and O–H groups in total. The molecule has 0 aliphatic carbocycles. The molecule has 0 radical (unpaired) electrons. The second-order valence-electron chi connectivity index (χ2n) is 7.60. The highest BCUT2D eigenvalue weighted by atomic mass is 32.1. The molecule has 12 heteroatoms. The quantitative estimate of drug-likeness (QED) is 0.173. The number of hydrogen-bond acceptors (Lipinski definition) is 7. The topological polar surface area (TPSA) is 174 Å². The van der Waals surface area contributed by atoms with Crippen molar-refractivity contribution >= 4 is 42.3 Å². The Morgan fingerprint density at radius 2 is 1.71 bits per heavy atom. The largest absolute Gasteiger partial charge is 0.481 e. The Labute approximate surface area is 186 Å². The number of rotatable bonds is 13. The summed E-state index contributed by atoms with van der Waals surface area (Å²) in [5.74, 6) is -4.68. The highest BCUT2D eigenvalue weighted by molar-refractivity contribution is 7.80. The second-order valence-corrected chi connectivity index (χ2v) is 7.96. The molecule has 31 heavy (non-hydrogen) atoms. The summed E-state index contributed by atoms with van der Waals surface area (Å²) in [6.45, 7) is 4.14. The van der Waals surface area contributed by atoms with Crippen LogP contribution in [0.2, 0.25) is 0 Å². The molecule has 0 aromatic rings. The lowest BCUT2D eigenvalue weighted by molar-refractivity contribution is -0.144. The zero-order valence-corrected chi connectivity index (χ0v) is 18.6. The van der Waals surface area contributed by atoms with Crippen LogP contribution in [0.15, 0.2) is 0 Å². The molecule has 1 fully saturated rings. The molecule has 176 valence electrons. The van der Waals surface area contributed by atoms with Crippen LogP contribution >= 0.6 is 12.6 Å². The van der Waals surface area contributed by atoms with Crippen molar-refractivity contribution in [1.82, 2.24) is 21.3 Å². The summed E-state index contributed by atoms with van der Waals surface area (Å²) in [4.78, 5) is 60.1. The number of hydrogen-bond donors (Lipinski definition) is 7. The summed E-state index contributed by atoms with van der Waals surface area (Å²) in [5.41, 5.74) is 0. The van der Waals surface area contributed by atoms with Gasteiger partial charge in [0.25, 0.3) is 0 Å². The first kappa shape index (κ1) is 26.7. The predicted octanol–water partition coefficient (Wildman–Crippen LogP) is -0.882. The Hall–Kier alpha value is -2.34. The van der Waals surface area contributed by atoms with Crippen LogP contribution in [-0.4, -0.2) is 76.3 Å². The minimum Gasteiger partial charge on any atom is -0.481 e. The van der Waals surface area contributed by atoms with Gasteiger partial charge in [0.1, 0.15) is 18.1 Å². The molecular weight excluding hydrogens is 428 g/mol. The summed E-state index contributed by atoms with van der Waals surface area (Å²) >= 11 is 4.08. The van der Waals surface area contributed by atoms with Gasteiger partial charge in [-0.2, -0.15) is 12.6 Å². The van der Waals surface area contributed by atoms with Gasteiger partial charge >= 0.3 is 11.9 Å². The maximum atomic E-state index is 12.7. The van der Waals surface area contributed by atoms with Gasteiger partial charge in [-0.3, -0.25) is 19.2 Å². The normalized spacial score (nSPS) is 19.5. The fourth-order valence-corrected chi connectivity index (χ4v) is 3.38. The smallest absolute Gasteiger partial charge is 0.326 e. The minimum absolute atomic E-state index is 0.0395. The van der Waals surface area contributed by atoms with Crippen molar-refractivity contribution in [2.75, 3.05) is 12.3 Å². The number of aliphatic carboxylic acids is 2. The molecule has 1 rings (SSSR count). The van der Waals surface area contributed by atoms with E-state index >= 15 is 0 Å². The third-order valence-electron chi connectivity index (χ3n) is 5.25. The van der Waals surface area contributed by atoms with E-state index in [2.05, 4.69) is 33.9 Å². The summed E-state index contributed by atoms with van der Waals surface area (Å²) < 4.78 is 0. The predicted molar refractivity (Wildman–Crippen MR) is 115 cm³/mol. The highest BCUT2D eigenvalue weighted by Gasteiger charge is 2.32. The fraction of sp³-hybridized carbons (Fsp3) is 0.737. The van der Waals surface area contributed by atoms with Gasteiger partial charge < -0.3 is 31.5 Å². The van der Waals surface area contributed by atoms with Crippen molar-refractivity contribution in [1.29, 1.82) is 0 Å². The maximum absolute atomic E-state index is 12.7. The lowest BCUT2D eigenvalue weighted by Gasteiger charge is -2.26. The van der Waals surface area contributed by atoms with Crippen LogP contribution in [0.1, 0.15) is 46.0 Å². The fourth-order valence-electron chi connectivity index (χ4n) is 3.12. The average molecular weight is 461 g/mol. The molecule has 0 saturated carbocycles. The van der Waals surface area contributed by atoms with E-state index in [-0.39, 0.29) is 24.0 Å². The van der Waals surface area contributed by atoms with Crippen LogP contribution in [0.25, 0.3) is 0 Å². The molecule has 1 aliphatic rings. The molecule has 3 amide bonds. The first-order valence-corrected chi connectivity index (χ1v) is 10.9. The third-order valence-corrected chi connectivity index (χ3v) is 5.61. The Morgan fingerprint density at radius 1 is 1.06 bits per heavy atom. The second kappa shape index (κ2) is 13.2. The first-order valence-electron chi connectivity index (χ1n) is 10.3. The Balaban J connectivity index is 2.86. The molecule has 1 aliphatic heterocycles. The SMILES string of the molecule is CCC(C)C(NC(=O)C(CCC(=O)O)NC(=O)C(CS)NC(=O)C1CCCN1)C(=O)O. The lowest BCUT2D eigenvalue weighted by atomic mass is 9.98. The van der Waals surface area contributed by atoms with Gasteiger partial charge in [-0.1, -0.05) is 20.3 Å². The van der Waals surface area contributed by atoms with E-state index in [9.17, 15) is 29.1 Å². The van der Waals surface area contributed by atoms with Gasteiger partial charge in [-0.05, 0) is 31.7 Å². The molecule has 1 saturated heterocycles. The van der Waals surface area contributed by atoms with Crippen molar-refractivity contribution in [2.45, 2.75) is 70.1 Å². The number of carboxylic acid groups (broad SMARTS) is 2. The maximum Gasteiger partial charge on any atom is 0.326 e. The minimum atomic E-state index is -1.28. The van der Waals surface area contributed by atoms with E-state index in [1.54, 1.807) is 13.8 Å². The van der Waals surface area contributed by atoms with Crippen LogP contribution < -0.4 is 21.3 Å². The van der Waals surface area contributed by atoms with Gasteiger partial charge in [-0.25, -0.2) is 4.79 Å². The molecule has 0 bridgehead atoms. The van der Waals surface area contributed by atoms with E-state index in [0.717, 1.165) is 6.42 Å². The zero-order chi connectivity index (χ0) is 23.6. The van der Waals surface area contributed by atoms with Crippen LogP contribution in [0, 0.1) is 5.92 Å². The van der Waals surface area contributed by atoms with E-state index in [1.165, 1.54) is 0 Å². The Bertz CT molecular complexity index is 670. The monoisotopic (exact) mass is 460 g/mol. The Kier molecular flexibility index (Phi) is 11.3. The molecule has 0 aromatic heterocycles. The van der Waals surface area contributed by atoms with Crippen LogP contribution in [0.3, 0.4) is 0 Å². The number of carbonyl (C=O) groups is 5. The van der Waals surface area contributed by atoms with Crippen molar-refractivity contribution in [3.63, 3.8) is 0 Å². The summed E-state index contributed by atoms with van der Waals surface area (Å²) in [5, 5.41) is 28.7. The van der Waals surface area contributed by atoms with Crippen molar-refractivity contribution < 1.29 is 34.2 Å². The molecule has 0 aromatic carbocycles.